The molecule has 5 heteroatoms. The van der Waals surface area contributed by atoms with Crippen molar-refractivity contribution in [3.8, 4) is 0 Å². The van der Waals surface area contributed by atoms with Crippen LogP contribution in [0.2, 0.25) is 0 Å². The van der Waals surface area contributed by atoms with Crippen LogP contribution < -0.4 is 10.6 Å². The van der Waals surface area contributed by atoms with Crippen LogP contribution >= 0.6 is 0 Å². The van der Waals surface area contributed by atoms with Crippen LogP contribution in [0, 0.1) is 0 Å². The molecule has 0 spiro atoms. The molecule has 0 unspecified atom stereocenters. The molecular weight excluding hydrogens is 310 g/mol. The van der Waals surface area contributed by atoms with E-state index in [1.54, 1.807) is 0 Å². The summed E-state index contributed by atoms with van der Waals surface area (Å²) in [6.07, 6.45) is 8.19. The summed E-state index contributed by atoms with van der Waals surface area (Å²) in [7, 11) is 2.18. The fourth-order valence-corrected chi connectivity index (χ4v) is 3.58. The molecule has 2 saturated carbocycles. The van der Waals surface area contributed by atoms with E-state index in [-0.39, 0.29) is 0 Å². The van der Waals surface area contributed by atoms with E-state index in [0.29, 0.717) is 17.9 Å². The van der Waals surface area contributed by atoms with Crippen LogP contribution in [0.4, 0.5) is 17.5 Å². The Morgan fingerprint density at radius 2 is 2.00 bits per heavy atom. The highest BCUT2D eigenvalue weighted by Gasteiger charge is 2.30. The molecule has 3 aliphatic rings. The van der Waals surface area contributed by atoms with Crippen LogP contribution in [-0.4, -0.2) is 34.5 Å². The third-order valence-electron chi connectivity index (χ3n) is 5.42. The molecule has 2 fully saturated rings. The quantitative estimate of drug-likeness (QED) is 0.873. The average molecular weight is 335 g/mol. The van der Waals surface area contributed by atoms with Crippen molar-refractivity contribution < 1.29 is 0 Å². The fourth-order valence-electron chi connectivity index (χ4n) is 3.58. The van der Waals surface area contributed by atoms with Crippen molar-refractivity contribution in [3.63, 3.8) is 0 Å². The van der Waals surface area contributed by atoms with Gasteiger partial charge in [-0.25, -0.2) is 4.98 Å². The number of hydrogen-bond acceptors (Lipinski definition) is 5. The van der Waals surface area contributed by atoms with E-state index in [1.807, 2.05) is 6.20 Å². The minimum Gasteiger partial charge on any atom is -0.367 e. The summed E-state index contributed by atoms with van der Waals surface area (Å²) in [5.74, 6) is 2.40. The maximum absolute atomic E-state index is 4.79. The summed E-state index contributed by atoms with van der Waals surface area (Å²) in [5.41, 5.74) is 5.25. The second-order valence-corrected chi connectivity index (χ2v) is 7.79. The average Bonchev–Trinajstić information content (AvgIpc) is 3.50. The Hall–Kier alpha value is -2.14. The van der Waals surface area contributed by atoms with E-state index < -0.39 is 0 Å². The molecule has 1 aromatic heterocycles. The Labute approximate surface area is 148 Å². The van der Waals surface area contributed by atoms with Gasteiger partial charge in [0.25, 0.3) is 0 Å². The van der Waals surface area contributed by atoms with Gasteiger partial charge in [0.15, 0.2) is 0 Å². The smallest absolute Gasteiger partial charge is 0.229 e. The van der Waals surface area contributed by atoms with Crippen molar-refractivity contribution in [3.05, 3.63) is 41.1 Å². The number of benzene rings is 1. The largest absolute Gasteiger partial charge is 0.367 e. The summed E-state index contributed by atoms with van der Waals surface area (Å²) in [6, 6.07) is 7.24. The molecule has 2 aromatic rings. The second-order valence-electron chi connectivity index (χ2n) is 7.79. The maximum Gasteiger partial charge on any atom is 0.229 e. The Bertz CT molecular complexity index is 795. The molecular formula is C20H25N5. The number of likely N-dealkylation sites (N-methyl/N-ethyl adjacent to an activating group) is 1. The molecule has 0 saturated heterocycles. The monoisotopic (exact) mass is 335 g/mol. The zero-order valence-electron chi connectivity index (χ0n) is 14.8. The summed E-state index contributed by atoms with van der Waals surface area (Å²) < 4.78 is 0. The summed E-state index contributed by atoms with van der Waals surface area (Å²) >= 11 is 0. The van der Waals surface area contributed by atoms with Crippen molar-refractivity contribution in [1.29, 1.82) is 0 Å². The standard InChI is InChI=1S/C20H25N5/c1-25-9-8-14-10-17(5-4-15(14)12-25)23-20-21-11-18(13-2-3-13)19(24-20)22-16-6-7-16/h4-5,10-11,13,16H,2-3,6-9,12H2,1H3,(H2,21,22,23,24). The third-order valence-corrected chi connectivity index (χ3v) is 5.42. The molecule has 25 heavy (non-hydrogen) atoms. The lowest BCUT2D eigenvalue weighted by atomic mass is 9.99. The molecule has 1 aliphatic heterocycles. The Kier molecular flexibility index (Phi) is 3.63. The van der Waals surface area contributed by atoms with Crippen molar-refractivity contribution in [2.45, 2.75) is 50.6 Å². The van der Waals surface area contributed by atoms with Crippen LogP contribution in [0.25, 0.3) is 0 Å². The van der Waals surface area contributed by atoms with E-state index in [4.69, 9.17) is 4.98 Å². The second kappa shape index (κ2) is 5.99. The lowest BCUT2D eigenvalue weighted by molar-refractivity contribution is 0.313. The summed E-state index contributed by atoms with van der Waals surface area (Å²) in [6.45, 7) is 2.16. The highest BCUT2D eigenvalue weighted by molar-refractivity contribution is 5.59. The molecule has 130 valence electrons. The molecule has 0 atom stereocenters. The van der Waals surface area contributed by atoms with Gasteiger partial charge in [0.2, 0.25) is 5.95 Å². The number of nitrogens with one attached hydrogen (secondary N) is 2. The van der Waals surface area contributed by atoms with Gasteiger partial charge in [-0.2, -0.15) is 4.98 Å². The van der Waals surface area contributed by atoms with Crippen LogP contribution in [0.15, 0.2) is 24.4 Å². The Morgan fingerprint density at radius 3 is 2.80 bits per heavy atom. The van der Waals surface area contributed by atoms with E-state index in [1.165, 1.54) is 42.4 Å². The van der Waals surface area contributed by atoms with Gasteiger partial charge in [0.1, 0.15) is 5.82 Å². The van der Waals surface area contributed by atoms with Crippen molar-refractivity contribution in [2.75, 3.05) is 24.2 Å². The van der Waals surface area contributed by atoms with Crippen LogP contribution in [-0.2, 0) is 13.0 Å². The van der Waals surface area contributed by atoms with E-state index in [9.17, 15) is 0 Å². The summed E-state index contributed by atoms with van der Waals surface area (Å²) in [4.78, 5) is 11.7. The first-order valence-corrected chi connectivity index (χ1v) is 9.45. The normalized spacial score (nSPS) is 20.2. The molecule has 1 aromatic carbocycles. The van der Waals surface area contributed by atoms with Gasteiger partial charge in [0.05, 0.1) is 0 Å². The van der Waals surface area contributed by atoms with Gasteiger partial charge in [-0.15, -0.1) is 0 Å². The minimum atomic E-state index is 0.612. The van der Waals surface area contributed by atoms with Crippen LogP contribution in [0.5, 0.6) is 0 Å². The number of fused-ring (bicyclic) bond motifs is 1. The molecule has 2 aliphatic carbocycles. The number of rotatable bonds is 5. The van der Waals surface area contributed by atoms with Gasteiger partial charge in [-0.1, -0.05) is 6.07 Å². The lowest BCUT2D eigenvalue weighted by Crippen LogP contribution is -2.26. The van der Waals surface area contributed by atoms with Gasteiger partial charge < -0.3 is 15.5 Å². The molecule has 5 nitrogen and oxygen atoms in total. The molecule has 2 N–H and O–H groups in total. The predicted octanol–water partition coefficient (Wildman–Crippen LogP) is 3.66. The molecule has 0 bridgehead atoms. The Balaban J connectivity index is 1.38. The highest BCUT2D eigenvalue weighted by Crippen LogP contribution is 2.43. The van der Waals surface area contributed by atoms with Crippen molar-refractivity contribution in [1.82, 2.24) is 14.9 Å². The van der Waals surface area contributed by atoms with Crippen LogP contribution in [0.1, 0.15) is 48.3 Å². The first-order valence-electron chi connectivity index (χ1n) is 9.45. The SMILES string of the molecule is CN1CCc2cc(Nc3ncc(C4CC4)c(NC4CC4)n3)ccc2C1. The van der Waals surface area contributed by atoms with Crippen molar-refractivity contribution >= 4 is 17.5 Å². The number of aromatic nitrogens is 2. The van der Waals surface area contributed by atoms with Crippen molar-refractivity contribution in [2.24, 2.45) is 0 Å². The maximum atomic E-state index is 4.79. The number of nitrogens with zero attached hydrogens (tertiary/aromatic N) is 3. The first kappa shape index (κ1) is 15.1. The highest BCUT2D eigenvalue weighted by atomic mass is 15.2. The van der Waals surface area contributed by atoms with Crippen LogP contribution in [0.3, 0.4) is 0 Å². The van der Waals surface area contributed by atoms with E-state index in [2.05, 4.69) is 45.8 Å². The molecule has 5 rings (SSSR count). The number of hydrogen-bond donors (Lipinski definition) is 2. The number of anilines is 3. The van der Waals surface area contributed by atoms with Gasteiger partial charge >= 0.3 is 0 Å². The van der Waals surface area contributed by atoms with E-state index in [0.717, 1.165) is 31.0 Å². The topological polar surface area (TPSA) is 53.1 Å². The lowest BCUT2D eigenvalue weighted by Gasteiger charge is -2.25. The summed E-state index contributed by atoms with van der Waals surface area (Å²) in [5, 5.41) is 7.00. The zero-order valence-corrected chi connectivity index (χ0v) is 14.8. The fraction of sp³-hybridized carbons (Fsp3) is 0.500. The molecule has 2 heterocycles. The molecule has 0 radical (unpaired) electrons. The minimum absolute atomic E-state index is 0.612. The predicted molar refractivity (Wildman–Crippen MR) is 100 cm³/mol. The first-order chi connectivity index (χ1) is 12.2. The Morgan fingerprint density at radius 1 is 1.12 bits per heavy atom. The zero-order chi connectivity index (χ0) is 16.8. The van der Waals surface area contributed by atoms with Gasteiger partial charge in [-0.3, -0.25) is 0 Å². The third kappa shape index (κ3) is 3.33. The van der Waals surface area contributed by atoms with Gasteiger partial charge in [-0.05, 0) is 68.3 Å². The van der Waals surface area contributed by atoms with E-state index >= 15 is 0 Å². The molecule has 0 amide bonds. The van der Waals surface area contributed by atoms with Gasteiger partial charge in [0, 0.05) is 36.6 Å².